The number of nitrogens with zero attached hydrogens (tertiary/aromatic N) is 2. The van der Waals surface area contributed by atoms with Gasteiger partial charge in [0.25, 0.3) is 0 Å². The highest BCUT2D eigenvalue weighted by Gasteiger charge is 2.32. The van der Waals surface area contributed by atoms with E-state index in [9.17, 15) is 23.5 Å². The third-order valence-corrected chi connectivity index (χ3v) is 8.25. The summed E-state index contributed by atoms with van der Waals surface area (Å²) in [4.78, 5) is 37.4. The molecule has 1 aliphatic rings. The monoisotopic (exact) mass is 563 g/mol. The van der Waals surface area contributed by atoms with Crippen LogP contribution in [0.3, 0.4) is 0 Å². The quantitative estimate of drug-likeness (QED) is 0.171. The summed E-state index contributed by atoms with van der Waals surface area (Å²) in [6.07, 6.45) is 5.74. The van der Waals surface area contributed by atoms with Gasteiger partial charge in [-0.1, -0.05) is 47.0 Å². The van der Waals surface area contributed by atoms with Crippen molar-refractivity contribution >= 4 is 35.6 Å². The second-order valence-electron chi connectivity index (χ2n) is 11.2. The van der Waals surface area contributed by atoms with Crippen LogP contribution in [0.4, 0.5) is 10.1 Å². The molecule has 3 aromatic rings. The van der Waals surface area contributed by atoms with Gasteiger partial charge in [-0.25, -0.2) is 9.37 Å². The van der Waals surface area contributed by atoms with Crippen LogP contribution in [-0.2, 0) is 33.5 Å². The van der Waals surface area contributed by atoms with Crippen molar-refractivity contribution in [3.8, 4) is 11.6 Å². The Hall–Kier alpha value is -2.68. The Kier molecular flexibility index (Phi) is 8.88. The smallest absolute Gasteiger partial charge is 0.360 e. The molecule has 0 bridgehead atoms. The number of esters is 1. The molecular formula is C28H39FN3O6P. The molecule has 0 amide bonds. The van der Waals surface area contributed by atoms with Gasteiger partial charge in [0.2, 0.25) is 0 Å². The van der Waals surface area contributed by atoms with Crippen molar-refractivity contribution in [1.82, 2.24) is 9.55 Å². The number of aryl methyl sites for hydroxylation is 1. The van der Waals surface area contributed by atoms with Gasteiger partial charge >= 0.3 is 13.6 Å². The van der Waals surface area contributed by atoms with Gasteiger partial charge in [-0.2, -0.15) is 0 Å². The number of nitrogens with two attached hydrogens (primary N) is 1. The molecule has 9 nitrogen and oxygen atoms in total. The van der Waals surface area contributed by atoms with Gasteiger partial charge in [0.15, 0.2) is 11.6 Å². The van der Waals surface area contributed by atoms with E-state index < -0.39 is 13.4 Å². The number of nitrogen functional groups attached to an aromatic ring is 1. The van der Waals surface area contributed by atoms with Crippen molar-refractivity contribution in [1.29, 1.82) is 0 Å². The van der Waals surface area contributed by atoms with Gasteiger partial charge in [-0.15, -0.1) is 0 Å². The highest BCUT2D eigenvalue weighted by molar-refractivity contribution is 7.60. The number of hydrogen-bond donors (Lipinski definition) is 3. The summed E-state index contributed by atoms with van der Waals surface area (Å²) in [7, 11) is -4.77. The second-order valence-corrected chi connectivity index (χ2v) is 12.7. The van der Waals surface area contributed by atoms with Crippen molar-refractivity contribution in [2.45, 2.75) is 79.2 Å². The van der Waals surface area contributed by atoms with E-state index in [-0.39, 0.29) is 58.4 Å². The summed E-state index contributed by atoms with van der Waals surface area (Å²) in [6.45, 7) is 8.42. The Labute approximate surface area is 228 Å². The molecule has 1 aromatic carbocycles. The minimum absolute atomic E-state index is 0.0540. The van der Waals surface area contributed by atoms with Gasteiger partial charge in [0, 0.05) is 13.0 Å². The third kappa shape index (κ3) is 6.39. The zero-order valence-corrected chi connectivity index (χ0v) is 24.0. The fraction of sp³-hybridized carbons (Fsp3) is 0.571. The number of carbonyl (C=O) groups is 1. The summed E-state index contributed by atoms with van der Waals surface area (Å²) >= 11 is 0. The van der Waals surface area contributed by atoms with Gasteiger partial charge < -0.3 is 29.2 Å². The minimum atomic E-state index is -4.77. The number of aromatic nitrogens is 2. The summed E-state index contributed by atoms with van der Waals surface area (Å²) < 4.78 is 40.6. The van der Waals surface area contributed by atoms with Crippen molar-refractivity contribution in [2.24, 2.45) is 17.8 Å². The zero-order chi connectivity index (χ0) is 28.5. The number of benzene rings is 1. The number of anilines is 1. The maximum Gasteiger partial charge on any atom is 0.360 e. The lowest BCUT2D eigenvalue weighted by molar-refractivity contribution is -0.150. The number of rotatable bonds is 10. The molecule has 11 heteroatoms. The van der Waals surface area contributed by atoms with E-state index in [0.717, 1.165) is 32.1 Å². The number of fused-ring (bicyclic) bond motifs is 1. The number of imidazole rings is 1. The molecule has 1 unspecified atom stereocenters. The lowest BCUT2D eigenvalue weighted by atomic mass is 9.89. The van der Waals surface area contributed by atoms with Gasteiger partial charge in [0.1, 0.15) is 22.4 Å². The summed E-state index contributed by atoms with van der Waals surface area (Å²) in [5.41, 5.74) is 7.49. The van der Waals surface area contributed by atoms with Gasteiger partial charge in [-0.05, 0) is 48.8 Å². The molecule has 0 spiro atoms. The maximum absolute atomic E-state index is 14.6. The van der Waals surface area contributed by atoms with Crippen LogP contribution >= 0.6 is 7.60 Å². The van der Waals surface area contributed by atoms with E-state index in [2.05, 4.69) is 4.98 Å². The highest BCUT2D eigenvalue weighted by atomic mass is 31.2. The predicted octanol–water partition coefficient (Wildman–Crippen LogP) is 5.34. The predicted molar refractivity (Wildman–Crippen MR) is 148 cm³/mol. The molecule has 4 rings (SSSR count). The Bertz CT molecular complexity index is 1390. The Morgan fingerprint density at radius 2 is 1.95 bits per heavy atom. The molecule has 1 saturated carbocycles. The van der Waals surface area contributed by atoms with E-state index in [1.165, 1.54) is 12.1 Å². The summed E-state index contributed by atoms with van der Waals surface area (Å²) in [5.74, 6) is -0.376. The first-order valence-corrected chi connectivity index (χ1v) is 15.3. The maximum atomic E-state index is 14.6. The summed E-state index contributed by atoms with van der Waals surface area (Å²) in [5, 5.41) is -0.290. The van der Waals surface area contributed by atoms with Crippen LogP contribution < -0.4 is 11.0 Å². The molecule has 0 saturated heterocycles. The van der Waals surface area contributed by atoms with E-state index >= 15 is 0 Å². The number of carbonyl (C=O) groups excluding carboxylic acids is 1. The van der Waals surface area contributed by atoms with E-state index in [0.29, 0.717) is 36.2 Å². The van der Waals surface area contributed by atoms with Crippen LogP contribution in [0.25, 0.3) is 22.6 Å². The third-order valence-electron chi connectivity index (χ3n) is 7.29. The molecular weight excluding hydrogens is 524 g/mol. The van der Waals surface area contributed by atoms with Crippen LogP contribution in [0, 0.1) is 23.6 Å². The molecule has 2 heterocycles. The molecule has 4 N–H and O–H groups in total. The van der Waals surface area contributed by atoms with E-state index in [1.807, 2.05) is 32.3 Å². The minimum Gasteiger partial charge on any atom is -0.465 e. The second kappa shape index (κ2) is 11.8. The van der Waals surface area contributed by atoms with Gasteiger partial charge in [0.05, 0.1) is 23.7 Å². The fourth-order valence-corrected chi connectivity index (χ4v) is 6.08. The molecule has 39 heavy (non-hydrogen) atoms. The van der Waals surface area contributed by atoms with Crippen molar-refractivity contribution in [3.63, 3.8) is 0 Å². The topological polar surface area (TPSA) is 141 Å². The Balaban J connectivity index is 1.69. The standard InChI is InChI=1S/C28H39FN3O6P/c1-5-18-12-21(29)23(30)24-25(18)32(14-16(2)3)27(31-24)26-22(39(34,35)36)13-20(38-26)11-17(4)15-37-28(33)19-9-7-6-8-10-19/h12-13,16-17,19H,5-11,14-15,30H2,1-4H3,(H2,34,35,36). The van der Waals surface area contributed by atoms with Crippen molar-refractivity contribution in [3.05, 3.63) is 29.3 Å². The lowest BCUT2D eigenvalue weighted by Gasteiger charge is -2.21. The number of halogens is 1. The Morgan fingerprint density at radius 3 is 2.56 bits per heavy atom. The number of ether oxygens (including phenoxy) is 1. The SMILES string of the molecule is CCc1cc(F)c(N)c2nc(-c3oc(CC(C)COC(=O)C4CCCCC4)cc3P(=O)(O)O)n(CC(C)C)c12. The Morgan fingerprint density at radius 1 is 1.26 bits per heavy atom. The van der Waals surface area contributed by atoms with Crippen LogP contribution in [0.2, 0.25) is 0 Å². The molecule has 1 aliphatic carbocycles. The van der Waals surface area contributed by atoms with Crippen LogP contribution in [0.5, 0.6) is 0 Å². The van der Waals surface area contributed by atoms with Gasteiger partial charge in [-0.3, -0.25) is 9.36 Å². The van der Waals surface area contributed by atoms with Crippen molar-refractivity contribution < 1.29 is 32.7 Å². The number of furan rings is 1. The van der Waals surface area contributed by atoms with Crippen LogP contribution in [0.15, 0.2) is 16.5 Å². The largest absolute Gasteiger partial charge is 0.465 e. The molecule has 1 fully saturated rings. The first-order chi connectivity index (χ1) is 18.4. The molecule has 2 aromatic heterocycles. The fourth-order valence-electron chi connectivity index (χ4n) is 5.36. The first-order valence-electron chi connectivity index (χ1n) is 13.7. The summed E-state index contributed by atoms with van der Waals surface area (Å²) in [6, 6.07) is 2.73. The normalized spacial score (nSPS) is 15.8. The molecule has 1 atom stereocenters. The average Bonchev–Trinajstić information content (AvgIpc) is 3.47. The molecule has 214 valence electrons. The highest BCUT2D eigenvalue weighted by Crippen LogP contribution is 2.41. The zero-order valence-electron chi connectivity index (χ0n) is 23.1. The van der Waals surface area contributed by atoms with E-state index in [1.54, 1.807) is 0 Å². The lowest BCUT2D eigenvalue weighted by Crippen LogP contribution is -2.23. The first kappa shape index (κ1) is 29.3. The molecule has 0 radical (unpaired) electrons. The van der Waals surface area contributed by atoms with E-state index in [4.69, 9.17) is 14.9 Å². The molecule has 0 aliphatic heterocycles. The average molecular weight is 564 g/mol. The van der Waals surface area contributed by atoms with Crippen molar-refractivity contribution in [2.75, 3.05) is 12.3 Å². The number of hydrogen-bond acceptors (Lipinski definition) is 6. The van der Waals surface area contributed by atoms with Crippen LogP contribution in [0.1, 0.15) is 71.1 Å². The van der Waals surface area contributed by atoms with Crippen LogP contribution in [-0.4, -0.2) is 31.9 Å².